The first-order valence-corrected chi connectivity index (χ1v) is 6.97. The molecule has 0 spiro atoms. The van der Waals surface area contributed by atoms with Gasteiger partial charge in [-0.3, -0.25) is 9.35 Å². The number of hydrogen-bond acceptors (Lipinski definition) is 4. The number of hydrogen-bond donors (Lipinski definition) is 3. The molecular formula is C9H19NO5S. The van der Waals surface area contributed by atoms with Crippen LogP contribution in [0.3, 0.4) is 0 Å². The van der Waals surface area contributed by atoms with Gasteiger partial charge in [0.05, 0.1) is 6.26 Å². The highest BCUT2D eigenvalue weighted by molar-refractivity contribution is 7.85. The molecular weight excluding hydrogens is 234 g/mol. The zero-order valence-electron chi connectivity index (χ0n) is 9.30. The van der Waals surface area contributed by atoms with Gasteiger partial charge in [0.25, 0.3) is 10.1 Å². The maximum Gasteiger partial charge on any atom is 0.320 e. The van der Waals surface area contributed by atoms with Gasteiger partial charge in [0, 0.05) is 0 Å². The summed E-state index contributed by atoms with van der Waals surface area (Å²) in [6, 6.07) is -0.629. The Morgan fingerprint density at radius 3 is 2.00 bits per heavy atom. The molecule has 0 aromatic heterocycles. The van der Waals surface area contributed by atoms with Gasteiger partial charge in [-0.2, -0.15) is 8.42 Å². The molecule has 0 aliphatic heterocycles. The number of carboxylic acid groups (broad SMARTS) is 1. The second-order valence-corrected chi connectivity index (χ2v) is 5.46. The van der Waals surface area contributed by atoms with Crippen LogP contribution in [0.5, 0.6) is 0 Å². The van der Waals surface area contributed by atoms with Crippen molar-refractivity contribution in [1.29, 1.82) is 0 Å². The van der Waals surface area contributed by atoms with Gasteiger partial charge in [0.2, 0.25) is 0 Å². The molecule has 1 rings (SSSR count). The van der Waals surface area contributed by atoms with E-state index in [0.717, 1.165) is 25.7 Å². The molecule has 0 amide bonds. The third kappa shape index (κ3) is 8.63. The highest BCUT2D eigenvalue weighted by atomic mass is 32.2. The summed E-state index contributed by atoms with van der Waals surface area (Å²) in [7, 11) is -3.67. The van der Waals surface area contributed by atoms with Gasteiger partial charge < -0.3 is 10.8 Å². The first-order valence-electron chi connectivity index (χ1n) is 5.12. The summed E-state index contributed by atoms with van der Waals surface area (Å²) in [5.74, 6) is -0.627. The molecule has 0 saturated heterocycles. The maximum absolute atomic E-state index is 10.5. The Kier molecular flexibility index (Phi) is 6.54. The van der Waals surface area contributed by atoms with Crippen LogP contribution in [0.25, 0.3) is 0 Å². The lowest BCUT2D eigenvalue weighted by Crippen LogP contribution is -2.38. The van der Waals surface area contributed by atoms with Gasteiger partial charge in [-0.25, -0.2) is 0 Å². The fraction of sp³-hybridized carbons (Fsp3) is 0.889. The third-order valence-electron chi connectivity index (χ3n) is 2.44. The lowest BCUT2D eigenvalue weighted by molar-refractivity contribution is -0.140. The molecule has 0 heterocycles. The molecule has 0 aromatic carbocycles. The van der Waals surface area contributed by atoms with Crippen molar-refractivity contribution in [2.75, 3.05) is 6.26 Å². The minimum absolute atomic E-state index is 0.223. The van der Waals surface area contributed by atoms with Crippen LogP contribution in [0.15, 0.2) is 0 Å². The Balaban J connectivity index is 0.000000385. The highest BCUT2D eigenvalue weighted by Crippen LogP contribution is 2.25. The van der Waals surface area contributed by atoms with Crippen molar-refractivity contribution in [2.45, 2.75) is 38.1 Å². The SMILES string of the molecule is CS(=O)(=O)O.NC(C(=O)O)C1CCCCC1. The van der Waals surface area contributed by atoms with Crippen LogP contribution in [0.1, 0.15) is 32.1 Å². The summed E-state index contributed by atoms with van der Waals surface area (Å²) in [5, 5.41) is 8.61. The number of aliphatic carboxylic acids is 1. The highest BCUT2D eigenvalue weighted by Gasteiger charge is 2.25. The predicted octanol–water partition coefficient (Wildman–Crippen LogP) is 0.483. The van der Waals surface area contributed by atoms with Crippen LogP contribution >= 0.6 is 0 Å². The molecule has 6 nitrogen and oxygen atoms in total. The van der Waals surface area contributed by atoms with Crippen LogP contribution in [-0.4, -0.2) is 36.3 Å². The van der Waals surface area contributed by atoms with Crippen molar-refractivity contribution in [3.8, 4) is 0 Å². The van der Waals surface area contributed by atoms with E-state index < -0.39 is 22.1 Å². The van der Waals surface area contributed by atoms with E-state index in [1.807, 2.05) is 0 Å². The quantitative estimate of drug-likeness (QED) is 0.616. The molecule has 1 fully saturated rings. The number of nitrogens with two attached hydrogens (primary N) is 1. The molecule has 0 aromatic rings. The maximum atomic E-state index is 10.5. The second kappa shape index (κ2) is 6.82. The normalized spacial score (nSPS) is 19.4. The Morgan fingerprint density at radius 2 is 1.69 bits per heavy atom. The molecule has 1 aliphatic carbocycles. The molecule has 0 bridgehead atoms. The molecule has 1 saturated carbocycles. The number of rotatable bonds is 2. The first-order chi connectivity index (χ1) is 7.22. The van der Waals surface area contributed by atoms with Gasteiger partial charge in [0.1, 0.15) is 6.04 Å². The van der Waals surface area contributed by atoms with Gasteiger partial charge in [-0.15, -0.1) is 0 Å². The molecule has 0 radical (unpaired) electrons. The molecule has 96 valence electrons. The van der Waals surface area contributed by atoms with Crippen LogP contribution in [0.4, 0.5) is 0 Å². The van der Waals surface area contributed by atoms with Crippen molar-refractivity contribution < 1.29 is 22.9 Å². The minimum atomic E-state index is -3.67. The summed E-state index contributed by atoms with van der Waals surface area (Å²) in [4.78, 5) is 10.5. The smallest absolute Gasteiger partial charge is 0.320 e. The van der Waals surface area contributed by atoms with Gasteiger partial charge >= 0.3 is 5.97 Å². The van der Waals surface area contributed by atoms with E-state index in [9.17, 15) is 13.2 Å². The lowest BCUT2D eigenvalue weighted by atomic mass is 9.84. The van der Waals surface area contributed by atoms with Crippen LogP contribution in [-0.2, 0) is 14.9 Å². The van der Waals surface area contributed by atoms with Crippen molar-refractivity contribution in [2.24, 2.45) is 11.7 Å². The van der Waals surface area contributed by atoms with Crippen molar-refractivity contribution in [3.05, 3.63) is 0 Å². The fourth-order valence-electron chi connectivity index (χ4n) is 1.69. The van der Waals surface area contributed by atoms with E-state index in [1.54, 1.807) is 0 Å². The van der Waals surface area contributed by atoms with Crippen LogP contribution in [0.2, 0.25) is 0 Å². The Morgan fingerprint density at radius 1 is 1.31 bits per heavy atom. The van der Waals surface area contributed by atoms with E-state index in [-0.39, 0.29) is 5.92 Å². The van der Waals surface area contributed by atoms with Crippen molar-refractivity contribution in [1.82, 2.24) is 0 Å². The monoisotopic (exact) mass is 253 g/mol. The summed E-state index contributed by atoms with van der Waals surface area (Å²) in [6.07, 6.45) is 6.23. The summed E-state index contributed by atoms with van der Waals surface area (Å²) in [5.41, 5.74) is 5.49. The largest absolute Gasteiger partial charge is 0.480 e. The van der Waals surface area contributed by atoms with Gasteiger partial charge in [0.15, 0.2) is 0 Å². The first kappa shape index (κ1) is 15.3. The predicted molar refractivity (Wildman–Crippen MR) is 59.7 cm³/mol. The number of carboxylic acids is 1. The summed E-state index contributed by atoms with van der Waals surface area (Å²) >= 11 is 0. The fourth-order valence-corrected chi connectivity index (χ4v) is 1.69. The Bertz CT molecular complexity index is 300. The molecule has 16 heavy (non-hydrogen) atoms. The molecule has 7 heteroatoms. The average Bonchev–Trinajstić information content (AvgIpc) is 2.15. The van der Waals surface area contributed by atoms with E-state index in [0.29, 0.717) is 6.26 Å². The minimum Gasteiger partial charge on any atom is -0.480 e. The van der Waals surface area contributed by atoms with E-state index in [2.05, 4.69) is 0 Å². The zero-order valence-corrected chi connectivity index (χ0v) is 10.1. The Labute approximate surface area is 95.6 Å². The molecule has 1 aliphatic rings. The lowest BCUT2D eigenvalue weighted by Gasteiger charge is -2.24. The van der Waals surface area contributed by atoms with Crippen LogP contribution in [0, 0.1) is 5.92 Å². The average molecular weight is 253 g/mol. The van der Waals surface area contributed by atoms with Gasteiger partial charge in [-0.05, 0) is 18.8 Å². The third-order valence-corrected chi connectivity index (χ3v) is 2.44. The second-order valence-electron chi connectivity index (χ2n) is 4.00. The zero-order chi connectivity index (χ0) is 12.8. The molecule has 1 unspecified atom stereocenters. The molecule has 4 N–H and O–H groups in total. The van der Waals surface area contributed by atoms with E-state index in [4.69, 9.17) is 15.4 Å². The van der Waals surface area contributed by atoms with E-state index >= 15 is 0 Å². The summed E-state index contributed by atoms with van der Waals surface area (Å²) < 4.78 is 25.9. The Hall–Kier alpha value is -0.660. The van der Waals surface area contributed by atoms with Crippen molar-refractivity contribution in [3.63, 3.8) is 0 Å². The van der Waals surface area contributed by atoms with Crippen molar-refractivity contribution >= 4 is 16.1 Å². The van der Waals surface area contributed by atoms with E-state index in [1.165, 1.54) is 6.42 Å². The van der Waals surface area contributed by atoms with Crippen LogP contribution < -0.4 is 5.73 Å². The topological polar surface area (TPSA) is 118 Å². The standard InChI is InChI=1S/C8H15NO2.CH4O3S/c9-7(8(10)11)6-4-2-1-3-5-6;1-5(2,3)4/h6-7H,1-5,9H2,(H,10,11);1H3,(H,2,3,4). The molecule has 1 atom stereocenters. The number of carbonyl (C=O) groups is 1. The van der Waals surface area contributed by atoms with Gasteiger partial charge in [-0.1, -0.05) is 19.3 Å². The summed E-state index contributed by atoms with van der Waals surface area (Å²) in [6.45, 7) is 0.